The summed E-state index contributed by atoms with van der Waals surface area (Å²) in [6.45, 7) is 3.88. The van der Waals surface area contributed by atoms with E-state index in [4.69, 9.17) is 0 Å². The maximum absolute atomic E-state index is 14.4. The average Bonchev–Trinajstić information content (AvgIpc) is 3.15. The molecule has 4 heteroatoms. The van der Waals surface area contributed by atoms with Gasteiger partial charge in [0.15, 0.2) is 23.0 Å². The van der Waals surface area contributed by atoms with Gasteiger partial charge in [-0.15, -0.1) is 0 Å². The summed E-state index contributed by atoms with van der Waals surface area (Å²) in [6, 6.07) is 29.2. The van der Waals surface area contributed by atoms with E-state index in [9.17, 15) is 19.5 Å². The molecule has 2 aliphatic carbocycles. The zero-order valence-corrected chi connectivity index (χ0v) is 21.3. The third kappa shape index (κ3) is 3.59. The van der Waals surface area contributed by atoms with E-state index in [0.717, 1.165) is 11.1 Å². The van der Waals surface area contributed by atoms with E-state index >= 15 is 0 Å². The zero-order valence-electron chi connectivity index (χ0n) is 21.3. The maximum Gasteiger partial charge on any atom is 0.199 e. The molecule has 4 nitrogen and oxygen atoms in total. The Morgan fingerprint density at radius 1 is 0.763 bits per heavy atom. The van der Waals surface area contributed by atoms with E-state index in [2.05, 4.69) is 0 Å². The van der Waals surface area contributed by atoms with E-state index in [0.29, 0.717) is 33.4 Å². The highest BCUT2D eigenvalue weighted by Crippen LogP contribution is 2.60. The Labute approximate surface area is 222 Å². The van der Waals surface area contributed by atoms with Gasteiger partial charge in [-0.25, -0.2) is 0 Å². The largest absolute Gasteiger partial charge is 0.376 e. The highest BCUT2D eigenvalue weighted by Gasteiger charge is 2.62. The first kappa shape index (κ1) is 24.2. The quantitative estimate of drug-likeness (QED) is 0.325. The van der Waals surface area contributed by atoms with Gasteiger partial charge in [-0.2, -0.15) is 0 Å². The van der Waals surface area contributed by atoms with Gasteiger partial charge in [0, 0.05) is 40.9 Å². The van der Waals surface area contributed by atoms with Crippen LogP contribution in [0.2, 0.25) is 0 Å². The number of fused-ring (bicyclic) bond motifs is 5. The molecule has 6 rings (SSSR count). The number of rotatable bonds is 5. The minimum atomic E-state index is -1.89. The van der Waals surface area contributed by atoms with Crippen LogP contribution in [0, 0.1) is 19.8 Å². The molecule has 0 spiro atoms. The molecule has 0 amide bonds. The Morgan fingerprint density at radius 2 is 1.34 bits per heavy atom. The van der Waals surface area contributed by atoms with E-state index in [1.165, 1.54) is 0 Å². The summed E-state index contributed by atoms with van der Waals surface area (Å²) in [5.74, 6) is -2.77. The molecule has 0 aliphatic heterocycles. The van der Waals surface area contributed by atoms with E-state index in [1.54, 1.807) is 36.4 Å². The van der Waals surface area contributed by atoms with Gasteiger partial charge in [0.1, 0.15) is 0 Å². The van der Waals surface area contributed by atoms with Crippen LogP contribution in [-0.2, 0) is 5.60 Å². The summed E-state index contributed by atoms with van der Waals surface area (Å²) in [5, 5.41) is 12.4. The highest BCUT2D eigenvalue weighted by molar-refractivity contribution is 6.11. The van der Waals surface area contributed by atoms with Gasteiger partial charge in [0.2, 0.25) is 0 Å². The van der Waals surface area contributed by atoms with Crippen LogP contribution in [0.25, 0.3) is 0 Å². The minimum Gasteiger partial charge on any atom is -0.376 e. The van der Waals surface area contributed by atoms with Crippen LogP contribution in [0.1, 0.15) is 77.1 Å². The number of ketones is 3. The van der Waals surface area contributed by atoms with Crippen molar-refractivity contribution in [2.75, 3.05) is 0 Å². The van der Waals surface area contributed by atoms with Crippen LogP contribution < -0.4 is 0 Å². The molecule has 0 heterocycles. The smallest absolute Gasteiger partial charge is 0.199 e. The Kier molecular flexibility index (Phi) is 5.73. The number of aliphatic hydroxyl groups is 1. The third-order valence-electron chi connectivity index (χ3n) is 8.25. The fraction of sp³-hybridized carbons (Fsp3) is 0.206. The van der Waals surface area contributed by atoms with Gasteiger partial charge < -0.3 is 5.11 Å². The van der Waals surface area contributed by atoms with E-state index in [1.807, 2.05) is 74.5 Å². The van der Waals surface area contributed by atoms with E-state index in [-0.39, 0.29) is 23.8 Å². The highest BCUT2D eigenvalue weighted by atomic mass is 16.3. The molecule has 0 aromatic heterocycles. The topological polar surface area (TPSA) is 71.4 Å². The molecule has 0 saturated heterocycles. The van der Waals surface area contributed by atoms with Crippen LogP contribution in [0.5, 0.6) is 0 Å². The molecular weight excluding hydrogens is 472 g/mol. The van der Waals surface area contributed by atoms with Gasteiger partial charge in [-0.1, -0.05) is 108 Å². The Bertz CT molecular complexity index is 1590. The lowest BCUT2D eigenvalue weighted by Crippen LogP contribution is -2.48. The summed E-state index contributed by atoms with van der Waals surface area (Å²) in [7, 11) is 0. The second-order valence-electron chi connectivity index (χ2n) is 10.6. The summed E-state index contributed by atoms with van der Waals surface area (Å²) in [4.78, 5) is 41.9. The third-order valence-corrected chi connectivity index (χ3v) is 8.25. The first-order valence-electron chi connectivity index (χ1n) is 13.0. The number of carbonyl (C=O) groups is 3. The number of Topliss-reactive ketones (excluding diaryl/α,β-unsaturated/α-hetero) is 3. The summed E-state index contributed by atoms with van der Waals surface area (Å²) >= 11 is 0. The normalized spacial score (nSPS) is 23.3. The molecule has 0 unspecified atom stereocenters. The second-order valence-corrected chi connectivity index (χ2v) is 10.6. The molecule has 0 bridgehead atoms. The molecule has 1 N–H and O–H groups in total. The number of aryl methyl sites for hydroxylation is 2. The fourth-order valence-corrected chi connectivity index (χ4v) is 6.53. The van der Waals surface area contributed by atoms with Crippen molar-refractivity contribution in [3.05, 3.63) is 142 Å². The fourth-order valence-electron chi connectivity index (χ4n) is 6.53. The maximum atomic E-state index is 14.4. The van der Waals surface area contributed by atoms with Gasteiger partial charge in [0.25, 0.3) is 0 Å². The predicted molar refractivity (Wildman–Crippen MR) is 146 cm³/mol. The van der Waals surface area contributed by atoms with Crippen molar-refractivity contribution in [1.29, 1.82) is 0 Å². The number of carbonyl (C=O) groups excluding carboxylic acids is 3. The van der Waals surface area contributed by atoms with Crippen LogP contribution >= 0.6 is 0 Å². The monoisotopic (exact) mass is 500 g/mol. The predicted octanol–water partition coefficient (Wildman–Crippen LogP) is 6.34. The van der Waals surface area contributed by atoms with Crippen molar-refractivity contribution in [3.63, 3.8) is 0 Å². The van der Waals surface area contributed by atoms with Crippen molar-refractivity contribution in [1.82, 2.24) is 0 Å². The van der Waals surface area contributed by atoms with Crippen LogP contribution in [0.4, 0.5) is 0 Å². The van der Waals surface area contributed by atoms with Gasteiger partial charge in [0.05, 0.1) is 0 Å². The molecule has 2 aliphatic rings. The lowest BCUT2D eigenvalue weighted by molar-refractivity contribution is -0.00162. The average molecular weight is 501 g/mol. The molecule has 188 valence electrons. The number of benzene rings is 4. The SMILES string of the molecule is Cc1ccc2c(c1)[C@H](CC(=O)c1ccccc1)[C@@H](C(=O)c1ccccc1)[C@@H]1c3cc(C)ccc3C(=O)[C@]21O. The molecule has 38 heavy (non-hydrogen) atoms. The zero-order chi connectivity index (χ0) is 26.6. The molecule has 4 aromatic rings. The van der Waals surface area contributed by atoms with Crippen molar-refractivity contribution < 1.29 is 19.5 Å². The standard InChI is InChI=1S/C34H28O4/c1-20-13-15-24-27(18-20)31-30(32(36)23-11-7-4-8-12-23)26(19-29(35)22-9-5-3-6-10-22)25-17-21(2)14-16-28(25)34(31,38)33(24)37/h3-18,26,30-31,38H,19H2,1-2H3/t26-,30+,31-,34-/m0/s1. The van der Waals surface area contributed by atoms with Gasteiger partial charge >= 0.3 is 0 Å². The van der Waals surface area contributed by atoms with Gasteiger partial charge in [-0.05, 0) is 30.5 Å². The molecule has 0 saturated carbocycles. The molecule has 0 radical (unpaired) electrons. The van der Waals surface area contributed by atoms with Crippen LogP contribution in [0.3, 0.4) is 0 Å². The molecule has 4 atom stereocenters. The molecule has 0 fully saturated rings. The summed E-state index contributed by atoms with van der Waals surface area (Å²) < 4.78 is 0. The Morgan fingerprint density at radius 3 is 2.00 bits per heavy atom. The first-order chi connectivity index (χ1) is 18.3. The van der Waals surface area contributed by atoms with Crippen molar-refractivity contribution in [2.45, 2.75) is 37.7 Å². The van der Waals surface area contributed by atoms with Gasteiger partial charge in [-0.3, -0.25) is 14.4 Å². The Hall–Kier alpha value is -4.15. The minimum absolute atomic E-state index is 0.0758. The number of hydrogen-bond donors (Lipinski definition) is 1. The van der Waals surface area contributed by atoms with Crippen molar-refractivity contribution in [3.8, 4) is 0 Å². The number of hydrogen-bond acceptors (Lipinski definition) is 4. The molecule has 4 aromatic carbocycles. The summed E-state index contributed by atoms with van der Waals surface area (Å²) in [5.41, 5.74) is 3.38. The van der Waals surface area contributed by atoms with Crippen molar-refractivity contribution >= 4 is 17.3 Å². The second kappa shape index (κ2) is 9.00. The van der Waals surface area contributed by atoms with Crippen LogP contribution in [0.15, 0.2) is 97.1 Å². The first-order valence-corrected chi connectivity index (χ1v) is 13.0. The summed E-state index contributed by atoms with van der Waals surface area (Å²) in [6.07, 6.45) is 0.0889. The lowest BCUT2D eigenvalue weighted by Gasteiger charge is -2.45. The van der Waals surface area contributed by atoms with Crippen molar-refractivity contribution in [2.24, 2.45) is 5.92 Å². The molecular formula is C34H28O4. The Balaban J connectivity index is 1.62. The van der Waals surface area contributed by atoms with Crippen LogP contribution in [-0.4, -0.2) is 22.5 Å². The lowest BCUT2D eigenvalue weighted by atomic mass is 9.58. The van der Waals surface area contributed by atoms with E-state index < -0.39 is 23.4 Å².